The molecule has 2 aliphatic rings. The van der Waals surface area contributed by atoms with Crippen molar-refractivity contribution < 1.29 is 14.3 Å². The predicted octanol–water partition coefficient (Wildman–Crippen LogP) is 2.65. The molecule has 120 valence electrons. The number of fused-ring (bicyclic) bond motifs is 1. The van der Waals surface area contributed by atoms with Gasteiger partial charge >= 0.3 is 0 Å². The van der Waals surface area contributed by atoms with Gasteiger partial charge in [-0.25, -0.2) is 0 Å². The van der Waals surface area contributed by atoms with Gasteiger partial charge in [-0.3, -0.25) is 4.79 Å². The Morgan fingerprint density at radius 3 is 2.68 bits per heavy atom. The fourth-order valence-electron chi connectivity index (χ4n) is 4.41. The molecule has 0 aromatic heterocycles. The number of likely N-dealkylation sites (N-methyl/N-ethyl adjacent to an activating group) is 1. The molecule has 22 heavy (non-hydrogen) atoms. The number of rotatable bonds is 4. The SMILES string of the molecule is CO[C@H](C(=O)N(C)[C@@H]1[C@@H]2CCO[C@H]2C1(C)C)c1ccccc1. The zero-order valence-electron chi connectivity index (χ0n) is 13.8. The van der Waals surface area contributed by atoms with Crippen molar-refractivity contribution in [3.63, 3.8) is 0 Å². The van der Waals surface area contributed by atoms with Gasteiger partial charge in [-0.15, -0.1) is 0 Å². The monoisotopic (exact) mass is 303 g/mol. The Kier molecular flexibility index (Phi) is 4.00. The molecule has 0 N–H and O–H groups in total. The molecule has 1 aliphatic carbocycles. The third-order valence-electron chi connectivity index (χ3n) is 5.37. The van der Waals surface area contributed by atoms with Gasteiger partial charge in [0.05, 0.1) is 6.10 Å². The van der Waals surface area contributed by atoms with Gasteiger partial charge in [-0.1, -0.05) is 44.2 Å². The average Bonchev–Trinajstić information content (AvgIpc) is 2.95. The minimum atomic E-state index is -0.539. The van der Waals surface area contributed by atoms with Crippen LogP contribution in [0.15, 0.2) is 30.3 Å². The molecule has 4 heteroatoms. The van der Waals surface area contributed by atoms with Crippen LogP contribution in [0.25, 0.3) is 0 Å². The number of methoxy groups -OCH3 is 1. The van der Waals surface area contributed by atoms with Crippen LogP contribution in [0, 0.1) is 11.3 Å². The average molecular weight is 303 g/mol. The van der Waals surface area contributed by atoms with E-state index in [0.717, 1.165) is 18.6 Å². The first-order valence-corrected chi connectivity index (χ1v) is 7.94. The number of nitrogens with zero attached hydrogens (tertiary/aromatic N) is 1. The van der Waals surface area contributed by atoms with Crippen LogP contribution in [0.2, 0.25) is 0 Å². The molecule has 4 nitrogen and oxygen atoms in total. The van der Waals surface area contributed by atoms with E-state index in [-0.39, 0.29) is 23.5 Å². The highest BCUT2D eigenvalue weighted by molar-refractivity contribution is 5.82. The third kappa shape index (κ3) is 2.25. The first-order chi connectivity index (χ1) is 10.5. The number of ether oxygens (including phenoxy) is 2. The van der Waals surface area contributed by atoms with E-state index in [9.17, 15) is 4.79 Å². The van der Waals surface area contributed by atoms with Crippen LogP contribution in [-0.4, -0.2) is 43.7 Å². The van der Waals surface area contributed by atoms with E-state index in [2.05, 4.69) is 13.8 Å². The molecular weight excluding hydrogens is 278 g/mol. The molecule has 1 saturated heterocycles. The van der Waals surface area contributed by atoms with Crippen LogP contribution < -0.4 is 0 Å². The summed E-state index contributed by atoms with van der Waals surface area (Å²) in [6, 6.07) is 9.90. The second-order valence-electron chi connectivity index (χ2n) is 6.99. The lowest BCUT2D eigenvalue weighted by molar-refractivity contribution is -0.174. The van der Waals surface area contributed by atoms with Gasteiger partial charge in [0, 0.05) is 38.1 Å². The lowest BCUT2D eigenvalue weighted by Crippen LogP contribution is -2.67. The smallest absolute Gasteiger partial charge is 0.256 e. The summed E-state index contributed by atoms with van der Waals surface area (Å²) in [5.74, 6) is 0.481. The van der Waals surface area contributed by atoms with E-state index in [4.69, 9.17) is 9.47 Å². The van der Waals surface area contributed by atoms with E-state index in [1.807, 2.05) is 42.3 Å². The van der Waals surface area contributed by atoms with Crippen molar-refractivity contribution in [3.05, 3.63) is 35.9 Å². The van der Waals surface area contributed by atoms with Crippen LogP contribution in [0.4, 0.5) is 0 Å². The summed E-state index contributed by atoms with van der Waals surface area (Å²) in [6.07, 6.45) is 0.785. The molecular formula is C18H25NO3. The second-order valence-corrected chi connectivity index (χ2v) is 6.99. The van der Waals surface area contributed by atoms with E-state index in [1.165, 1.54) is 0 Å². The standard InChI is InChI=1S/C18H25NO3/c1-18(2)15(13-10-11-22-16(13)18)19(3)17(20)14(21-4)12-8-6-5-7-9-12/h5-9,13-16H,10-11H2,1-4H3/t13-,14-,15+,16+/m0/s1. The van der Waals surface area contributed by atoms with Crippen molar-refractivity contribution in [3.8, 4) is 0 Å². The lowest BCUT2D eigenvalue weighted by Gasteiger charge is -2.58. The summed E-state index contributed by atoms with van der Waals surface area (Å²) in [5.41, 5.74) is 0.902. The summed E-state index contributed by atoms with van der Waals surface area (Å²) in [4.78, 5) is 14.8. The number of amides is 1. The quantitative estimate of drug-likeness (QED) is 0.858. The molecule has 2 fully saturated rings. The Bertz CT molecular complexity index is 543. The Morgan fingerprint density at radius 1 is 1.36 bits per heavy atom. The predicted molar refractivity (Wildman–Crippen MR) is 84.4 cm³/mol. The van der Waals surface area contributed by atoms with Crippen molar-refractivity contribution in [2.75, 3.05) is 20.8 Å². The van der Waals surface area contributed by atoms with Crippen LogP contribution in [0.5, 0.6) is 0 Å². The minimum Gasteiger partial charge on any atom is -0.377 e. The summed E-state index contributed by atoms with van der Waals surface area (Å²) >= 11 is 0. The summed E-state index contributed by atoms with van der Waals surface area (Å²) in [5, 5.41) is 0. The van der Waals surface area contributed by atoms with E-state index < -0.39 is 6.10 Å². The van der Waals surface area contributed by atoms with Crippen LogP contribution in [0.3, 0.4) is 0 Å². The Balaban J connectivity index is 1.79. The van der Waals surface area contributed by atoms with Gasteiger partial charge in [0.15, 0.2) is 6.10 Å². The summed E-state index contributed by atoms with van der Waals surface area (Å²) in [6.45, 7) is 5.19. The lowest BCUT2D eigenvalue weighted by atomic mass is 9.56. The Labute approximate surface area is 132 Å². The molecule has 1 heterocycles. The highest BCUT2D eigenvalue weighted by Crippen LogP contribution is 2.54. The van der Waals surface area contributed by atoms with Crippen molar-refractivity contribution in [1.29, 1.82) is 0 Å². The third-order valence-corrected chi connectivity index (χ3v) is 5.37. The maximum absolute atomic E-state index is 12.9. The molecule has 1 amide bonds. The second kappa shape index (κ2) is 5.67. The minimum absolute atomic E-state index is 0.000552. The number of carbonyl (C=O) groups is 1. The normalized spacial score (nSPS) is 30.3. The van der Waals surface area contributed by atoms with Gasteiger partial charge in [0.1, 0.15) is 0 Å². The number of carbonyl (C=O) groups excluding carboxylic acids is 1. The van der Waals surface area contributed by atoms with Crippen molar-refractivity contribution in [1.82, 2.24) is 4.90 Å². The van der Waals surface area contributed by atoms with E-state index in [0.29, 0.717) is 5.92 Å². The van der Waals surface area contributed by atoms with Crippen molar-refractivity contribution in [2.45, 2.75) is 38.5 Å². The molecule has 1 saturated carbocycles. The number of hydrogen-bond donors (Lipinski definition) is 0. The van der Waals surface area contributed by atoms with Gasteiger partial charge in [0.2, 0.25) is 0 Å². The highest BCUT2D eigenvalue weighted by atomic mass is 16.5. The number of benzene rings is 1. The van der Waals surface area contributed by atoms with E-state index >= 15 is 0 Å². The molecule has 1 aliphatic heterocycles. The summed E-state index contributed by atoms with van der Waals surface area (Å²) in [7, 11) is 3.50. The molecule has 0 unspecified atom stereocenters. The van der Waals surface area contributed by atoms with E-state index in [1.54, 1.807) is 7.11 Å². The highest BCUT2D eigenvalue weighted by Gasteiger charge is 2.61. The molecule has 1 aromatic rings. The molecule has 0 radical (unpaired) electrons. The molecule has 4 atom stereocenters. The zero-order valence-corrected chi connectivity index (χ0v) is 13.8. The summed E-state index contributed by atoms with van der Waals surface area (Å²) < 4.78 is 11.3. The van der Waals surface area contributed by atoms with Crippen LogP contribution >= 0.6 is 0 Å². The Hall–Kier alpha value is -1.39. The van der Waals surface area contributed by atoms with Gasteiger partial charge in [-0.05, 0) is 12.0 Å². The molecule has 0 bridgehead atoms. The van der Waals surface area contributed by atoms with Gasteiger partial charge < -0.3 is 14.4 Å². The first-order valence-electron chi connectivity index (χ1n) is 7.94. The molecule has 1 aromatic carbocycles. The number of hydrogen-bond acceptors (Lipinski definition) is 3. The zero-order chi connectivity index (χ0) is 15.9. The van der Waals surface area contributed by atoms with Gasteiger partial charge in [-0.2, -0.15) is 0 Å². The first kappa shape index (κ1) is 15.5. The molecule has 3 rings (SSSR count). The largest absolute Gasteiger partial charge is 0.377 e. The van der Waals surface area contributed by atoms with Crippen molar-refractivity contribution in [2.24, 2.45) is 11.3 Å². The fraction of sp³-hybridized carbons (Fsp3) is 0.611. The maximum Gasteiger partial charge on any atom is 0.256 e. The fourth-order valence-corrected chi connectivity index (χ4v) is 4.41. The molecule has 0 spiro atoms. The van der Waals surface area contributed by atoms with Gasteiger partial charge in [0.25, 0.3) is 5.91 Å². The Morgan fingerprint density at radius 2 is 2.05 bits per heavy atom. The maximum atomic E-state index is 12.9. The van der Waals surface area contributed by atoms with Crippen molar-refractivity contribution >= 4 is 5.91 Å². The van der Waals surface area contributed by atoms with Crippen LogP contribution in [0.1, 0.15) is 31.9 Å². The van der Waals surface area contributed by atoms with Crippen LogP contribution in [-0.2, 0) is 14.3 Å². The topological polar surface area (TPSA) is 38.8 Å².